The molecule has 11 heteroatoms. The summed E-state index contributed by atoms with van der Waals surface area (Å²) < 4.78 is 66.3. The molecule has 2 aromatic rings. The fraction of sp³-hybridized carbons (Fsp3) is 0.188. The Morgan fingerprint density at radius 3 is 2.19 bits per heavy atom. The molecule has 2 N–H and O–H groups in total. The minimum atomic E-state index is -4.86. The maximum Gasteiger partial charge on any atom is 0.573 e. The Morgan fingerprint density at radius 2 is 1.63 bits per heavy atom. The van der Waals surface area contributed by atoms with Crippen molar-refractivity contribution in [2.75, 3.05) is 11.9 Å². The van der Waals surface area contributed by atoms with Gasteiger partial charge in [0.1, 0.15) is 5.75 Å². The van der Waals surface area contributed by atoms with E-state index in [0.717, 1.165) is 24.3 Å². The van der Waals surface area contributed by atoms with E-state index >= 15 is 0 Å². The van der Waals surface area contributed by atoms with Gasteiger partial charge in [0, 0.05) is 23.7 Å². The number of sulfonamides is 1. The number of carbonyl (C=O) groups is 1. The highest BCUT2D eigenvalue weighted by molar-refractivity contribution is 7.89. The number of halogens is 4. The van der Waals surface area contributed by atoms with Gasteiger partial charge < -0.3 is 10.1 Å². The largest absolute Gasteiger partial charge is 0.573 e. The summed E-state index contributed by atoms with van der Waals surface area (Å²) in [7, 11) is -3.98. The maximum absolute atomic E-state index is 12.1. The molecule has 2 rings (SSSR count). The number of alkyl halides is 3. The van der Waals surface area contributed by atoms with Gasteiger partial charge in [0.05, 0.1) is 4.90 Å². The number of hydrogen-bond donors (Lipinski definition) is 2. The molecule has 0 unspecified atom stereocenters. The molecule has 0 atom stereocenters. The Morgan fingerprint density at radius 1 is 1.04 bits per heavy atom. The molecule has 0 radical (unpaired) electrons. The van der Waals surface area contributed by atoms with Crippen LogP contribution in [0.4, 0.5) is 18.9 Å². The zero-order valence-corrected chi connectivity index (χ0v) is 15.2. The second kappa shape index (κ2) is 8.59. The summed E-state index contributed by atoms with van der Waals surface area (Å²) in [5.74, 6) is -0.960. The molecule has 0 heterocycles. The van der Waals surface area contributed by atoms with Gasteiger partial charge in [-0.3, -0.25) is 4.79 Å². The predicted octanol–water partition coefficient (Wildman–Crippen LogP) is 3.55. The Balaban J connectivity index is 1.87. The van der Waals surface area contributed by atoms with E-state index in [2.05, 4.69) is 14.8 Å². The summed E-state index contributed by atoms with van der Waals surface area (Å²) in [6.07, 6.45) is -5.01. The van der Waals surface area contributed by atoms with E-state index in [0.29, 0.717) is 10.7 Å². The third-order valence-electron chi connectivity index (χ3n) is 3.14. The van der Waals surface area contributed by atoms with Gasteiger partial charge in [-0.15, -0.1) is 13.2 Å². The molecule has 0 spiro atoms. The lowest BCUT2D eigenvalue weighted by atomic mass is 10.3. The van der Waals surface area contributed by atoms with Gasteiger partial charge >= 0.3 is 6.36 Å². The van der Waals surface area contributed by atoms with E-state index in [1.54, 1.807) is 24.3 Å². The first-order valence-corrected chi connectivity index (χ1v) is 9.32. The first-order chi connectivity index (χ1) is 12.5. The van der Waals surface area contributed by atoms with E-state index in [4.69, 9.17) is 11.6 Å². The summed E-state index contributed by atoms with van der Waals surface area (Å²) in [6.45, 7) is -0.192. The third kappa shape index (κ3) is 7.08. The molecular weight excluding hydrogens is 409 g/mol. The number of carbonyl (C=O) groups excluding carboxylic acids is 1. The molecule has 27 heavy (non-hydrogen) atoms. The SMILES string of the molecule is O=C(CCNS(=O)(=O)c1ccc(OC(F)(F)F)cc1)Nc1ccc(Cl)cc1. The van der Waals surface area contributed by atoms with Crippen molar-refractivity contribution < 1.29 is 31.1 Å². The lowest BCUT2D eigenvalue weighted by Gasteiger charge is -2.10. The number of ether oxygens (including phenoxy) is 1. The normalized spacial score (nSPS) is 11.9. The first kappa shape index (κ1) is 21.0. The number of nitrogens with one attached hydrogen (secondary N) is 2. The monoisotopic (exact) mass is 422 g/mol. The fourth-order valence-corrected chi connectivity index (χ4v) is 3.12. The smallest absolute Gasteiger partial charge is 0.406 e. The molecule has 0 aliphatic heterocycles. The molecule has 0 saturated carbocycles. The van der Waals surface area contributed by atoms with Crippen LogP contribution in [0.1, 0.15) is 6.42 Å². The van der Waals surface area contributed by atoms with Crippen LogP contribution in [0.25, 0.3) is 0 Å². The Bertz CT molecular complexity index is 885. The number of anilines is 1. The van der Waals surface area contributed by atoms with Crippen molar-refractivity contribution in [2.45, 2.75) is 17.7 Å². The van der Waals surface area contributed by atoms with E-state index in [1.807, 2.05) is 0 Å². The van der Waals surface area contributed by atoms with Crippen molar-refractivity contribution >= 4 is 33.2 Å². The first-order valence-electron chi connectivity index (χ1n) is 7.46. The van der Waals surface area contributed by atoms with Crippen molar-refractivity contribution in [3.63, 3.8) is 0 Å². The van der Waals surface area contributed by atoms with Crippen LogP contribution in [0, 0.1) is 0 Å². The lowest BCUT2D eigenvalue weighted by molar-refractivity contribution is -0.274. The molecular formula is C16H14ClF3N2O4S. The highest BCUT2D eigenvalue weighted by Crippen LogP contribution is 2.23. The molecule has 146 valence electrons. The molecule has 0 fully saturated rings. The van der Waals surface area contributed by atoms with Crippen LogP contribution in [-0.2, 0) is 14.8 Å². The molecule has 0 saturated heterocycles. The van der Waals surface area contributed by atoms with Crippen LogP contribution < -0.4 is 14.8 Å². The molecule has 0 aliphatic carbocycles. The van der Waals surface area contributed by atoms with E-state index in [9.17, 15) is 26.4 Å². The molecule has 0 bridgehead atoms. The van der Waals surface area contributed by atoms with Gasteiger partial charge in [0.15, 0.2) is 0 Å². The van der Waals surface area contributed by atoms with Crippen molar-refractivity contribution in [1.29, 1.82) is 0 Å². The topological polar surface area (TPSA) is 84.5 Å². The van der Waals surface area contributed by atoms with Crippen LogP contribution in [0.3, 0.4) is 0 Å². The van der Waals surface area contributed by atoms with E-state index in [1.165, 1.54) is 0 Å². The summed E-state index contributed by atoms with van der Waals surface area (Å²) in [4.78, 5) is 11.5. The quantitative estimate of drug-likeness (QED) is 0.714. The maximum atomic E-state index is 12.1. The van der Waals surface area contributed by atoms with Crippen LogP contribution in [0.2, 0.25) is 5.02 Å². The van der Waals surface area contributed by atoms with Crippen molar-refractivity contribution in [3.05, 3.63) is 53.6 Å². The number of rotatable bonds is 7. The zero-order chi connectivity index (χ0) is 20.1. The second-order valence-electron chi connectivity index (χ2n) is 5.22. The van der Waals surface area contributed by atoms with Crippen molar-refractivity contribution in [1.82, 2.24) is 4.72 Å². The van der Waals surface area contributed by atoms with Gasteiger partial charge in [0.2, 0.25) is 15.9 Å². The van der Waals surface area contributed by atoms with Gasteiger partial charge in [-0.25, -0.2) is 13.1 Å². The fourth-order valence-electron chi connectivity index (χ4n) is 1.96. The number of amides is 1. The Hall–Kier alpha value is -2.30. The lowest BCUT2D eigenvalue weighted by Crippen LogP contribution is -2.27. The molecule has 0 aliphatic rings. The third-order valence-corrected chi connectivity index (χ3v) is 4.87. The molecule has 1 amide bonds. The van der Waals surface area contributed by atoms with Gasteiger partial charge in [0.25, 0.3) is 0 Å². The second-order valence-corrected chi connectivity index (χ2v) is 7.43. The number of hydrogen-bond acceptors (Lipinski definition) is 4. The van der Waals surface area contributed by atoms with E-state index < -0.39 is 28.0 Å². The molecule has 0 aromatic heterocycles. The average Bonchev–Trinajstić information content (AvgIpc) is 2.56. The Labute approximate surface area is 158 Å². The minimum Gasteiger partial charge on any atom is -0.406 e. The molecule has 2 aromatic carbocycles. The van der Waals surface area contributed by atoms with Gasteiger partial charge in [-0.1, -0.05) is 11.6 Å². The highest BCUT2D eigenvalue weighted by Gasteiger charge is 2.31. The Kier molecular flexibility index (Phi) is 6.68. The van der Waals surface area contributed by atoms with Crippen LogP contribution in [0.5, 0.6) is 5.75 Å². The van der Waals surface area contributed by atoms with Crippen LogP contribution in [0.15, 0.2) is 53.4 Å². The van der Waals surface area contributed by atoms with Gasteiger partial charge in [-0.2, -0.15) is 0 Å². The van der Waals surface area contributed by atoms with Crippen molar-refractivity contribution in [3.8, 4) is 5.75 Å². The van der Waals surface area contributed by atoms with Crippen molar-refractivity contribution in [2.24, 2.45) is 0 Å². The highest BCUT2D eigenvalue weighted by atomic mass is 35.5. The van der Waals surface area contributed by atoms with E-state index in [-0.39, 0.29) is 17.9 Å². The van der Waals surface area contributed by atoms with Gasteiger partial charge in [-0.05, 0) is 48.5 Å². The standard InChI is InChI=1S/C16H14ClF3N2O4S/c17-11-1-3-12(4-2-11)22-15(23)9-10-21-27(24,25)14-7-5-13(6-8-14)26-16(18,19)20/h1-8,21H,9-10H2,(H,22,23). The predicted molar refractivity (Wildman–Crippen MR) is 93.0 cm³/mol. The van der Waals surface area contributed by atoms with Crippen LogP contribution >= 0.6 is 11.6 Å². The summed E-state index contributed by atoms with van der Waals surface area (Å²) in [5.41, 5.74) is 0.507. The summed E-state index contributed by atoms with van der Waals surface area (Å²) >= 11 is 5.73. The zero-order valence-electron chi connectivity index (χ0n) is 13.6. The minimum absolute atomic E-state index is 0.142. The number of benzene rings is 2. The molecule has 6 nitrogen and oxygen atoms in total. The summed E-state index contributed by atoms with van der Waals surface area (Å²) in [6, 6.07) is 10.1. The van der Waals surface area contributed by atoms with Crippen LogP contribution in [-0.4, -0.2) is 27.2 Å². The summed E-state index contributed by atoms with van der Waals surface area (Å²) in [5, 5.41) is 3.08. The average molecular weight is 423 g/mol.